The maximum absolute atomic E-state index is 13.4. The van der Waals surface area contributed by atoms with Crippen LogP contribution in [-0.4, -0.2) is 78.9 Å². The number of hydrogen-bond donors (Lipinski definition) is 1. The van der Waals surface area contributed by atoms with Crippen molar-refractivity contribution in [1.29, 1.82) is 0 Å². The number of ether oxygens (including phenoxy) is 2. The molecule has 0 spiro atoms. The van der Waals surface area contributed by atoms with Gasteiger partial charge in [-0.15, -0.1) is 0 Å². The minimum Gasteiger partial charge on any atom is -0.383 e. The standard InChI is InChI=1S/C25H40N4O4/c1-27-6-4-5-22(27)17-28(7-9-32-2)23(30)18-29(8-10-33-3)24(31)26-25-14-19-11-20(15-25)13-21(12-19)16-25/h4-6,19-21H,7-18H2,1-3H3,(H,26,31). The summed E-state index contributed by atoms with van der Waals surface area (Å²) in [5, 5.41) is 3.41. The Labute approximate surface area is 197 Å². The van der Waals surface area contributed by atoms with Gasteiger partial charge in [0.15, 0.2) is 0 Å². The molecule has 0 aliphatic heterocycles. The third-order valence-corrected chi connectivity index (χ3v) is 7.91. The lowest BCUT2D eigenvalue weighted by Crippen LogP contribution is -2.62. The van der Waals surface area contributed by atoms with Crippen molar-refractivity contribution in [3.8, 4) is 0 Å². The molecule has 4 fully saturated rings. The summed E-state index contributed by atoms with van der Waals surface area (Å²) >= 11 is 0. The Kier molecular flexibility index (Phi) is 7.64. The normalized spacial score (nSPS) is 27.5. The fraction of sp³-hybridized carbons (Fsp3) is 0.760. The predicted molar refractivity (Wildman–Crippen MR) is 126 cm³/mol. The first-order valence-electron chi connectivity index (χ1n) is 12.3. The minimum absolute atomic E-state index is 0.0374. The zero-order valence-electron chi connectivity index (χ0n) is 20.4. The molecule has 8 nitrogen and oxygen atoms in total. The van der Waals surface area contributed by atoms with Gasteiger partial charge in [0, 0.05) is 51.8 Å². The van der Waals surface area contributed by atoms with E-state index in [4.69, 9.17) is 9.47 Å². The van der Waals surface area contributed by atoms with Gasteiger partial charge < -0.3 is 29.2 Å². The number of nitrogens with one attached hydrogen (secondary N) is 1. The first-order chi connectivity index (χ1) is 15.9. The van der Waals surface area contributed by atoms with Gasteiger partial charge in [-0.05, 0) is 68.4 Å². The number of rotatable bonds is 11. The van der Waals surface area contributed by atoms with E-state index in [0.29, 0.717) is 32.8 Å². The van der Waals surface area contributed by atoms with Crippen LogP contribution in [0.3, 0.4) is 0 Å². The first-order valence-corrected chi connectivity index (χ1v) is 12.3. The number of hydrogen-bond acceptors (Lipinski definition) is 4. The summed E-state index contributed by atoms with van der Waals surface area (Å²) in [7, 11) is 5.23. The summed E-state index contributed by atoms with van der Waals surface area (Å²) in [5.41, 5.74) is 0.958. The van der Waals surface area contributed by atoms with Crippen molar-refractivity contribution < 1.29 is 19.1 Å². The third kappa shape index (κ3) is 5.72. The summed E-state index contributed by atoms with van der Waals surface area (Å²) in [6.07, 6.45) is 9.22. The van der Waals surface area contributed by atoms with Crippen LogP contribution in [0.4, 0.5) is 4.79 Å². The number of aryl methyl sites for hydroxylation is 1. The molecule has 4 bridgehead atoms. The highest BCUT2D eigenvalue weighted by Crippen LogP contribution is 2.55. The average Bonchev–Trinajstić information content (AvgIpc) is 3.16. The van der Waals surface area contributed by atoms with Crippen LogP contribution in [0.25, 0.3) is 0 Å². The van der Waals surface area contributed by atoms with Gasteiger partial charge in [0.05, 0.1) is 19.8 Å². The van der Waals surface area contributed by atoms with E-state index in [-0.39, 0.29) is 24.0 Å². The molecule has 0 radical (unpaired) electrons. The van der Waals surface area contributed by atoms with Crippen molar-refractivity contribution in [1.82, 2.24) is 19.7 Å². The van der Waals surface area contributed by atoms with Gasteiger partial charge >= 0.3 is 6.03 Å². The smallest absolute Gasteiger partial charge is 0.318 e. The van der Waals surface area contributed by atoms with E-state index in [1.165, 1.54) is 19.3 Å². The number of methoxy groups -OCH3 is 2. The van der Waals surface area contributed by atoms with Gasteiger partial charge in [-0.1, -0.05) is 0 Å². The zero-order chi connectivity index (χ0) is 23.4. The van der Waals surface area contributed by atoms with Crippen molar-refractivity contribution >= 4 is 11.9 Å². The molecule has 184 valence electrons. The van der Waals surface area contributed by atoms with E-state index in [1.807, 2.05) is 29.9 Å². The molecule has 4 saturated carbocycles. The van der Waals surface area contributed by atoms with Crippen molar-refractivity contribution in [3.63, 3.8) is 0 Å². The molecule has 3 amide bonds. The van der Waals surface area contributed by atoms with E-state index in [0.717, 1.165) is 42.7 Å². The van der Waals surface area contributed by atoms with Crippen molar-refractivity contribution in [3.05, 3.63) is 24.0 Å². The monoisotopic (exact) mass is 460 g/mol. The summed E-state index contributed by atoms with van der Waals surface area (Å²) in [6, 6.07) is 3.85. The third-order valence-electron chi connectivity index (χ3n) is 7.91. The van der Waals surface area contributed by atoms with Crippen LogP contribution in [0.5, 0.6) is 0 Å². The summed E-state index contributed by atoms with van der Waals surface area (Å²) < 4.78 is 12.5. The van der Waals surface area contributed by atoms with Crippen LogP contribution in [0.1, 0.15) is 44.2 Å². The molecule has 0 unspecified atom stereocenters. The maximum Gasteiger partial charge on any atom is 0.318 e. The van der Waals surface area contributed by atoms with Crippen molar-refractivity contribution in [2.24, 2.45) is 24.8 Å². The Morgan fingerprint density at radius 1 is 1.03 bits per heavy atom. The van der Waals surface area contributed by atoms with E-state index in [1.54, 1.807) is 24.0 Å². The van der Waals surface area contributed by atoms with Crippen LogP contribution in [0, 0.1) is 17.8 Å². The Morgan fingerprint density at radius 3 is 2.12 bits per heavy atom. The Hall–Kier alpha value is -2.06. The Bertz CT molecular complexity index is 788. The maximum atomic E-state index is 13.4. The summed E-state index contributed by atoms with van der Waals surface area (Å²) in [6.45, 7) is 2.25. The fourth-order valence-corrected chi connectivity index (χ4v) is 6.64. The van der Waals surface area contributed by atoms with Crippen molar-refractivity contribution in [2.45, 2.75) is 50.6 Å². The Morgan fingerprint density at radius 2 is 1.61 bits per heavy atom. The average molecular weight is 461 g/mol. The van der Waals surface area contributed by atoms with E-state index >= 15 is 0 Å². The second-order valence-electron chi connectivity index (χ2n) is 10.5. The summed E-state index contributed by atoms with van der Waals surface area (Å²) in [4.78, 5) is 30.2. The van der Waals surface area contributed by atoms with Gasteiger partial charge in [0.2, 0.25) is 5.91 Å². The fourth-order valence-electron chi connectivity index (χ4n) is 6.64. The molecule has 1 N–H and O–H groups in total. The number of nitrogens with zero attached hydrogens (tertiary/aromatic N) is 3. The number of amides is 3. The largest absolute Gasteiger partial charge is 0.383 e. The first kappa shape index (κ1) is 24.1. The number of aromatic nitrogens is 1. The molecular weight excluding hydrogens is 420 g/mol. The van der Waals surface area contributed by atoms with Crippen molar-refractivity contribution in [2.75, 3.05) is 47.1 Å². The van der Waals surface area contributed by atoms with Crippen LogP contribution < -0.4 is 5.32 Å². The molecule has 1 heterocycles. The second kappa shape index (κ2) is 10.5. The van der Waals surface area contributed by atoms with E-state index in [9.17, 15) is 9.59 Å². The van der Waals surface area contributed by atoms with Gasteiger partial charge in [-0.2, -0.15) is 0 Å². The quantitative estimate of drug-likeness (QED) is 0.551. The highest BCUT2D eigenvalue weighted by atomic mass is 16.5. The molecule has 0 saturated heterocycles. The topological polar surface area (TPSA) is 76.0 Å². The summed E-state index contributed by atoms with van der Waals surface area (Å²) in [5.74, 6) is 2.17. The molecule has 4 aliphatic carbocycles. The minimum atomic E-state index is -0.132. The molecule has 8 heteroatoms. The highest BCUT2D eigenvalue weighted by molar-refractivity contribution is 5.84. The lowest BCUT2D eigenvalue weighted by molar-refractivity contribution is -0.133. The molecule has 0 atom stereocenters. The van der Waals surface area contributed by atoms with Crippen LogP contribution >= 0.6 is 0 Å². The second-order valence-corrected chi connectivity index (χ2v) is 10.5. The SMILES string of the molecule is COCCN(Cc1cccn1C)C(=O)CN(CCOC)C(=O)NC12CC3CC(CC(C3)C1)C2. The lowest BCUT2D eigenvalue weighted by atomic mass is 9.53. The molecule has 33 heavy (non-hydrogen) atoms. The molecule has 1 aromatic rings. The Balaban J connectivity index is 1.42. The molecule has 0 aromatic carbocycles. The van der Waals surface area contributed by atoms with Gasteiger partial charge in [-0.3, -0.25) is 4.79 Å². The zero-order valence-corrected chi connectivity index (χ0v) is 20.4. The van der Waals surface area contributed by atoms with Gasteiger partial charge in [0.1, 0.15) is 6.54 Å². The number of carbonyl (C=O) groups excluding carboxylic acids is 2. The number of urea groups is 1. The molecule has 4 aliphatic rings. The number of carbonyl (C=O) groups is 2. The van der Waals surface area contributed by atoms with Gasteiger partial charge in [-0.25, -0.2) is 4.79 Å². The van der Waals surface area contributed by atoms with Crippen LogP contribution in [-0.2, 0) is 27.9 Å². The van der Waals surface area contributed by atoms with Gasteiger partial charge in [0.25, 0.3) is 0 Å². The molecular formula is C25H40N4O4. The molecule has 1 aromatic heterocycles. The molecule has 5 rings (SSSR count). The predicted octanol–water partition coefficient (Wildman–Crippen LogP) is 2.63. The van der Waals surface area contributed by atoms with Crippen LogP contribution in [0.2, 0.25) is 0 Å². The van der Waals surface area contributed by atoms with E-state index in [2.05, 4.69) is 5.32 Å². The highest BCUT2D eigenvalue weighted by Gasteiger charge is 2.51. The van der Waals surface area contributed by atoms with Crippen LogP contribution in [0.15, 0.2) is 18.3 Å². The lowest BCUT2D eigenvalue weighted by Gasteiger charge is -2.57. The van der Waals surface area contributed by atoms with E-state index < -0.39 is 0 Å².